The number of carbonyl (C=O) groups is 3. The van der Waals surface area contributed by atoms with E-state index in [9.17, 15) is 23.9 Å². The minimum Gasteiger partial charge on any atom is -0.479 e. The number of aliphatic carboxylic acids is 1. The van der Waals surface area contributed by atoms with Crippen LogP contribution in [-0.4, -0.2) is 35.5 Å². The lowest BCUT2D eigenvalue weighted by Gasteiger charge is -2.34. The predicted molar refractivity (Wildman–Crippen MR) is 98.4 cm³/mol. The van der Waals surface area contributed by atoms with Crippen molar-refractivity contribution in [3.05, 3.63) is 59.9 Å². The molecule has 8 heteroatoms. The summed E-state index contributed by atoms with van der Waals surface area (Å²) >= 11 is 0. The predicted octanol–water partition coefficient (Wildman–Crippen LogP) is 2.06. The summed E-state index contributed by atoms with van der Waals surface area (Å²) in [7, 11) is 0. The van der Waals surface area contributed by atoms with Gasteiger partial charge in [-0.25, -0.2) is 9.18 Å². The quantitative estimate of drug-likeness (QED) is 0.820. The molecule has 1 heterocycles. The smallest absolute Gasteiger partial charge is 0.333 e. The first-order valence-corrected chi connectivity index (χ1v) is 8.60. The van der Waals surface area contributed by atoms with Crippen molar-refractivity contribution in [3.8, 4) is 5.75 Å². The van der Waals surface area contributed by atoms with Gasteiger partial charge in [0.05, 0.1) is 5.69 Å². The van der Waals surface area contributed by atoms with Crippen LogP contribution in [0.25, 0.3) is 0 Å². The summed E-state index contributed by atoms with van der Waals surface area (Å²) in [6.45, 7) is 2.49. The Labute approximate surface area is 160 Å². The van der Waals surface area contributed by atoms with Crippen LogP contribution in [0.1, 0.15) is 19.4 Å². The molecule has 0 saturated heterocycles. The normalized spacial score (nSPS) is 17.9. The number of carboxylic acid groups (broad SMARTS) is 1. The molecule has 146 valence electrons. The Kier molecular flexibility index (Phi) is 5.04. The maximum absolute atomic E-state index is 13.2. The molecule has 2 unspecified atom stereocenters. The zero-order valence-electron chi connectivity index (χ0n) is 15.3. The molecule has 1 aliphatic heterocycles. The van der Waals surface area contributed by atoms with Gasteiger partial charge in [0.1, 0.15) is 18.1 Å². The summed E-state index contributed by atoms with van der Waals surface area (Å²) < 4.78 is 18.7. The fourth-order valence-corrected chi connectivity index (χ4v) is 3.02. The molecule has 3 rings (SSSR count). The van der Waals surface area contributed by atoms with E-state index in [1.165, 1.54) is 24.0 Å². The summed E-state index contributed by atoms with van der Waals surface area (Å²) in [5.74, 6) is -2.46. The van der Waals surface area contributed by atoms with Crippen LogP contribution >= 0.6 is 0 Å². The van der Waals surface area contributed by atoms with Gasteiger partial charge in [-0.3, -0.25) is 14.5 Å². The molecule has 1 aliphatic rings. The van der Waals surface area contributed by atoms with Gasteiger partial charge in [-0.1, -0.05) is 24.3 Å². The molecule has 0 aliphatic carbocycles. The lowest BCUT2D eigenvalue weighted by atomic mass is 9.92. The van der Waals surface area contributed by atoms with E-state index in [1.807, 2.05) is 0 Å². The summed E-state index contributed by atoms with van der Waals surface area (Å²) in [4.78, 5) is 38.2. The number of fused-ring (bicyclic) bond motifs is 1. The first-order chi connectivity index (χ1) is 13.2. The molecule has 0 radical (unpaired) electrons. The standard InChI is InChI=1S/C20H19FN2O5/c1-12-18(25)23(15-5-3-4-6-16(15)28-12)11-17(24)22-20(2,19(26)27)13-7-9-14(21)10-8-13/h3-10,12H,11H2,1-2H3,(H,22,24)(H,26,27). The minimum absolute atomic E-state index is 0.205. The molecule has 0 bridgehead atoms. The minimum atomic E-state index is -1.79. The number of nitrogens with zero attached hydrogens (tertiary/aromatic N) is 1. The van der Waals surface area contributed by atoms with Crippen molar-refractivity contribution in [3.63, 3.8) is 0 Å². The first kappa shape index (κ1) is 19.3. The molecular formula is C20H19FN2O5. The zero-order valence-corrected chi connectivity index (χ0v) is 15.3. The largest absolute Gasteiger partial charge is 0.479 e. The SMILES string of the molecule is CC1Oc2ccccc2N(CC(=O)NC(C)(C(=O)O)c2ccc(F)cc2)C1=O. The van der Waals surface area contributed by atoms with Crippen molar-refractivity contribution in [1.82, 2.24) is 5.32 Å². The van der Waals surface area contributed by atoms with Gasteiger partial charge >= 0.3 is 5.97 Å². The van der Waals surface area contributed by atoms with Crippen LogP contribution in [0.3, 0.4) is 0 Å². The lowest BCUT2D eigenvalue weighted by molar-refractivity contribution is -0.147. The molecule has 7 nitrogen and oxygen atoms in total. The third-order valence-corrected chi connectivity index (χ3v) is 4.61. The summed E-state index contributed by atoms with van der Waals surface area (Å²) in [5.41, 5.74) is -1.15. The molecule has 0 spiro atoms. The van der Waals surface area contributed by atoms with Crippen molar-refractivity contribution in [2.45, 2.75) is 25.5 Å². The third-order valence-electron chi connectivity index (χ3n) is 4.61. The highest BCUT2D eigenvalue weighted by molar-refractivity contribution is 6.04. The number of halogens is 1. The molecule has 2 aromatic carbocycles. The van der Waals surface area contributed by atoms with E-state index in [1.54, 1.807) is 31.2 Å². The topological polar surface area (TPSA) is 95.9 Å². The molecule has 0 saturated carbocycles. The number of carbonyl (C=O) groups excluding carboxylic acids is 2. The number of rotatable bonds is 5. The Balaban J connectivity index is 1.85. The Morgan fingerprint density at radius 1 is 1.21 bits per heavy atom. The van der Waals surface area contributed by atoms with Crippen LogP contribution in [0.4, 0.5) is 10.1 Å². The van der Waals surface area contributed by atoms with Crippen LogP contribution in [0.15, 0.2) is 48.5 Å². The average Bonchev–Trinajstić information content (AvgIpc) is 2.65. The van der Waals surface area contributed by atoms with Gasteiger partial charge in [0.15, 0.2) is 11.6 Å². The molecule has 2 atom stereocenters. The van der Waals surface area contributed by atoms with Gasteiger partial charge < -0.3 is 15.2 Å². The average molecular weight is 386 g/mol. The van der Waals surface area contributed by atoms with Crippen molar-refractivity contribution < 1.29 is 28.6 Å². The lowest BCUT2D eigenvalue weighted by Crippen LogP contribution is -2.54. The second-order valence-corrected chi connectivity index (χ2v) is 6.64. The first-order valence-electron chi connectivity index (χ1n) is 8.60. The maximum atomic E-state index is 13.2. The van der Waals surface area contributed by atoms with E-state index < -0.39 is 35.2 Å². The molecular weight excluding hydrogens is 367 g/mol. The van der Waals surface area contributed by atoms with Crippen LogP contribution in [0.5, 0.6) is 5.75 Å². The number of nitrogens with one attached hydrogen (secondary N) is 1. The van der Waals surface area contributed by atoms with Gasteiger partial charge in [-0.2, -0.15) is 0 Å². The Morgan fingerprint density at radius 3 is 2.50 bits per heavy atom. The van der Waals surface area contributed by atoms with Gasteiger partial charge in [-0.15, -0.1) is 0 Å². The number of benzene rings is 2. The second kappa shape index (κ2) is 7.30. The summed E-state index contributed by atoms with van der Waals surface area (Å²) in [6, 6.07) is 11.6. The van der Waals surface area contributed by atoms with E-state index in [-0.39, 0.29) is 12.1 Å². The van der Waals surface area contributed by atoms with Gasteiger partial charge in [-0.05, 0) is 43.7 Å². The second-order valence-electron chi connectivity index (χ2n) is 6.64. The Hall–Kier alpha value is -3.42. The van der Waals surface area contributed by atoms with E-state index >= 15 is 0 Å². The Bertz CT molecular complexity index is 930. The van der Waals surface area contributed by atoms with Crippen molar-refractivity contribution >= 4 is 23.5 Å². The van der Waals surface area contributed by atoms with Gasteiger partial charge in [0.2, 0.25) is 5.91 Å². The van der Waals surface area contributed by atoms with Gasteiger partial charge in [0, 0.05) is 0 Å². The third kappa shape index (κ3) is 3.53. The number of anilines is 1. The highest BCUT2D eigenvalue weighted by Gasteiger charge is 2.39. The fraction of sp³-hybridized carbons (Fsp3) is 0.250. The number of amides is 2. The molecule has 0 aromatic heterocycles. The molecule has 2 N–H and O–H groups in total. The summed E-state index contributed by atoms with van der Waals surface area (Å²) in [5, 5.41) is 12.1. The van der Waals surface area contributed by atoms with Crippen LogP contribution in [-0.2, 0) is 19.9 Å². The van der Waals surface area contributed by atoms with Crippen molar-refractivity contribution in [2.24, 2.45) is 0 Å². The van der Waals surface area contributed by atoms with E-state index in [0.717, 1.165) is 12.1 Å². The highest BCUT2D eigenvalue weighted by atomic mass is 19.1. The Morgan fingerprint density at radius 2 is 1.86 bits per heavy atom. The van der Waals surface area contributed by atoms with Crippen LogP contribution in [0.2, 0.25) is 0 Å². The highest BCUT2D eigenvalue weighted by Crippen LogP contribution is 2.33. The monoisotopic (exact) mass is 386 g/mol. The van der Waals surface area contributed by atoms with Crippen LogP contribution in [0, 0.1) is 5.82 Å². The van der Waals surface area contributed by atoms with E-state index in [0.29, 0.717) is 11.4 Å². The zero-order chi connectivity index (χ0) is 20.5. The summed E-state index contributed by atoms with van der Waals surface area (Å²) in [6.07, 6.45) is -0.773. The van der Waals surface area contributed by atoms with Crippen molar-refractivity contribution in [1.29, 1.82) is 0 Å². The molecule has 2 amide bonds. The van der Waals surface area contributed by atoms with E-state index in [2.05, 4.69) is 5.32 Å². The number of para-hydroxylation sites is 2. The van der Waals surface area contributed by atoms with Gasteiger partial charge in [0.25, 0.3) is 5.91 Å². The number of hydrogen-bond acceptors (Lipinski definition) is 4. The number of hydrogen-bond donors (Lipinski definition) is 2. The molecule has 0 fully saturated rings. The fourth-order valence-electron chi connectivity index (χ4n) is 3.02. The number of carboxylic acids is 1. The van der Waals surface area contributed by atoms with Crippen molar-refractivity contribution in [2.75, 3.05) is 11.4 Å². The van der Waals surface area contributed by atoms with Crippen LogP contribution < -0.4 is 15.0 Å². The van der Waals surface area contributed by atoms with E-state index in [4.69, 9.17) is 4.74 Å². The molecule has 28 heavy (non-hydrogen) atoms. The maximum Gasteiger partial charge on any atom is 0.333 e. The molecule has 2 aromatic rings. The number of ether oxygens (including phenoxy) is 1.